The molecule has 1 rings (SSSR count). The van der Waals surface area contributed by atoms with Crippen molar-refractivity contribution in [2.75, 3.05) is 0 Å². The molecule has 3 nitrogen and oxygen atoms in total. The zero-order valence-corrected chi connectivity index (χ0v) is 7.55. The van der Waals surface area contributed by atoms with E-state index < -0.39 is 0 Å². The van der Waals surface area contributed by atoms with Crippen LogP contribution in [0.15, 0.2) is 0 Å². The summed E-state index contributed by atoms with van der Waals surface area (Å²) in [6.45, 7) is 4.20. The lowest BCUT2D eigenvalue weighted by Crippen LogP contribution is -2.34. The van der Waals surface area contributed by atoms with Gasteiger partial charge in [-0.15, -0.1) is 0 Å². The van der Waals surface area contributed by atoms with Crippen molar-refractivity contribution < 1.29 is 9.67 Å². The molecule has 0 aliphatic heterocycles. The van der Waals surface area contributed by atoms with Crippen LogP contribution in [0.3, 0.4) is 0 Å². The molecule has 0 unspecified atom stereocenters. The van der Waals surface area contributed by atoms with Gasteiger partial charge in [-0.3, -0.25) is 0 Å². The smallest absolute Gasteiger partial charge is 0.282 e. The molecule has 62 valence electrons. The van der Waals surface area contributed by atoms with Crippen LogP contribution in [-0.4, -0.2) is 9.67 Å². The van der Waals surface area contributed by atoms with E-state index in [-0.39, 0.29) is 6.61 Å². The predicted octanol–water partition coefficient (Wildman–Crippen LogP) is -0.0413. The molecule has 1 aromatic heterocycles. The fourth-order valence-electron chi connectivity index (χ4n) is 1.31. The van der Waals surface area contributed by atoms with Crippen molar-refractivity contribution in [3.05, 3.63) is 17.2 Å². The van der Waals surface area contributed by atoms with Crippen LogP contribution in [0.2, 0.25) is 0 Å². The number of hydrogen-bond donors (Lipinski definition) is 1. The zero-order chi connectivity index (χ0) is 8.59. The Morgan fingerprint density at radius 2 is 2.00 bits per heavy atom. The van der Waals surface area contributed by atoms with Crippen molar-refractivity contribution in [3.63, 3.8) is 0 Å². The predicted molar refractivity (Wildman–Crippen MR) is 42.0 cm³/mol. The molecule has 0 saturated carbocycles. The van der Waals surface area contributed by atoms with Gasteiger partial charge in [0.25, 0.3) is 5.82 Å². The van der Waals surface area contributed by atoms with Gasteiger partial charge in [-0.1, -0.05) is 0 Å². The lowest BCUT2D eigenvalue weighted by atomic mass is 10.4. The molecule has 0 atom stereocenters. The number of aliphatic hydroxyl groups is 1. The van der Waals surface area contributed by atoms with Gasteiger partial charge in [0.15, 0.2) is 0 Å². The fraction of sp³-hybridized carbons (Fsp3) is 0.625. The first kappa shape index (κ1) is 8.27. The van der Waals surface area contributed by atoms with E-state index in [0.29, 0.717) is 0 Å². The molecular weight excluding hydrogens is 140 g/mol. The number of imidazole rings is 1. The van der Waals surface area contributed by atoms with Gasteiger partial charge in [0.1, 0.15) is 18.0 Å². The lowest BCUT2D eigenvalue weighted by Gasteiger charge is -1.91. The Morgan fingerprint density at radius 1 is 1.45 bits per heavy atom. The summed E-state index contributed by atoms with van der Waals surface area (Å²) >= 11 is 0. The molecule has 0 fully saturated rings. The third-order valence-corrected chi connectivity index (χ3v) is 2.45. The van der Waals surface area contributed by atoms with E-state index >= 15 is 0 Å². The molecular formula is C8H15N2O+. The van der Waals surface area contributed by atoms with Gasteiger partial charge in [0, 0.05) is 13.8 Å². The van der Waals surface area contributed by atoms with E-state index in [1.807, 2.05) is 23.2 Å². The average Bonchev–Trinajstić information content (AvgIpc) is 2.17. The minimum Gasteiger partial charge on any atom is -0.384 e. The first-order valence-electron chi connectivity index (χ1n) is 3.71. The van der Waals surface area contributed by atoms with Crippen LogP contribution in [0.1, 0.15) is 17.2 Å². The summed E-state index contributed by atoms with van der Waals surface area (Å²) in [7, 11) is 3.93. The molecule has 11 heavy (non-hydrogen) atoms. The summed E-state index contributed by atoms with van der Waals surface area (Å²) in [5, 5.41) is 9.00. The molecule has 1 aromatic rings. The molecule has 0 radical (unpaired) electrons. The molecule has 1 N–H and O–H groups in total. The molecule has 0 aliphatic carbocycles. The van der Waals surface area contributed by atoms with Crippen molar-refractivity contribution >= 4 is 0 Å². The fourth-order valence-corrected chi connectivity index (χ4v) is 1.31. The summed E-state index contributed by atoms with van der Waals surface area (Å²) in [5.74, 6) is 0.944. The maximum Gasteiger partial charge on any atom is 0.282 e. The summed E-state index contributed by atoms with van der Waals surface area (Å²) < 4.78 is 4.02. The van der Waals surface area contributed by atoms with Crippen LogP contribution in [0.4, 0.5) is 0 Å². The molecule has 0 saturated heterocycles. The second kappa shape index (κ2) is 2.66. The van der Waals surface area contributed by atoms with Gasteiger partial charge in [0.05, 0.1) is 14.1 Å². The Morgan fingerprint density at radius 3 is 2.18 bits per heavy atom. The van der Waals surface area contributed by atoms with Gasteiger partial charge in [0.2, 0.25) is 0 Å². The van der Waals surface area contributed by atoms with Crippen LogP contribution in [0.25, 0.3) is 0 Å². The number of aliphatic hydroxyl groups excluding tert-OH is 1. The zero-order valence-electron chi connectivity index (χ0n) is 7.55. The van der Waals surface area contributed by atoms with E-state index in [4.69, 9.17) is 5.11 Å². The molecule has 1 heterocycles. The quantitative estimate of drug-likeness (QED) is 0.566. The van der Waals surface area contributed by atoms with E-state index in [1.54, 1.807) is 0 Å². The topological polar surface area (TPSA) is 29.0 Å². The largest absolute Gasteiger partial charge is 0.384 e. The Hall–Kier alpha value is -0.830. The highest BCUT2D eigenvalue weighted by Crippen LogP contribution is 2.04. The summed E-state index contributed by atoms with van der Waals surface area (Å²) in [5.41, 5.74) is 2.41. The van der Waals surface area contributed by atoms with Crippen molar-refractivity contribution in [1.29, 1.82) is 0 Å². The van der Waals surface area contributed by atoms with Crippen molar-refractivity contribution in [3.8, 4) is 0 Å². The van der Waals surface area contributed by atoms with Gasteiger partial charge in [-0.25, -0.2) is 9.13 Å². The first-order valence-corrected chi connectivity index (χ1v) is 3.71. The maximum absolute atomic E-state index is 9.00. The normalized spacial score (nSPS) is 10.6. The van der Waals surface area contributed by atoms with Crippen LogP contribution in [-0.2, 0) is 20.7 Å². The van der Waals surface area contributed by atoms with Crippen molar-refractivity contribution in [2.24, 2.45) is 14.1 Å². The third kappa shape index (κ3) is 1.05. The Labute approximate surface area is 66.9 Å². The second-order valence-electron chi connectivity index (χ2n) is 2.86. The summed E-state index contributed by atoms with van der Waals surface area (Å²) in [4.78, 5) is 0. The molecule has 0 aliphatic rings. The van der Waals surface area contributed by atoms with Gasteiger partial charge >= 0.3 is 0 Å². The minimum absolute atomic E-state index is 0.0989. The maximum atomic E-state index is 9.00. The lowest BCUT2D eigenvalue weighted by molar-refractivity contribution is -0.686. The number of aromatic nitrogens is 2. The minimum atomic E-state index is 0.0989. The van der Waals surface area contributed by atoms with E-state index in [2.05, 4.69) is 13.8 Å². The van der Waals surface area contributed by atoms with Crippen LogP contribution in [0, 0.1) is 13.8 Å². The van der Waals surface area contributed by atoms with E-state index in [0.717, 1.165) is 5.82 Å². The number of rotatable bonds is 1. The highest BCUT2D eigenvalue weighted by Gasteiger charge is 2.18. The number of hydrogen-bond acceptors (Lipinski definition) is 1. The highest BCUT2D eigenvalue weighted by atomic mass is 16.3. The van der Waals surface area contributed by atoms with Gasteiger partial charge in [-0.2, -0.15) is 0 Å². The van der Waals surface area contributed by atoms with Gasteiger partial charge in [-0.05, 0) is 0 Å². The Bertz CT molecular complexity index is 251. The molecule has 0 spiro atoms. The van der Waals surface area contributed by atoms with E-state index in [9.17, 15) is 0 Å². The monoisotopic (exact) mass is 155 g/mol. The average molecular weight is 155 g/mol. The molecule has 3 heteroatoms. The molecule has 0 aromatic carbocycles. The molecule has 0 amide bonds. The Balaban J connectivity index is 3.36. The first-order chi connectivity index (χ1) is 5.09. The number of nitrogens with zero attached hydrogens (tertiary/aromatic N) is 2. The second-order valence-corrected chi connectivity index (χ2v) is 2.86. The Kier molecular flexibility index (Phi) is 2.00. The SMILES string of the molecule is Cc1c(C)[n+](C)c(CO)n1C. The van der Waals surface area contributed by atoms with Crippen LogP contribution < -0.4 is 4.57 Å². The van der Waals surface area contributed by atoms with Crippen LogP contribution in [0.5, 0.6) is 0 Å². The summed E-state index contributed by atoms with van der Waals surface area (Å²) in [6.07, 6.45) is 0. The summed E-state index contributed by atoms with van der Waals surface area (Å²) in [6, 6.07) is 0. The van der Waals surface area contributed by atoms with Crippen molar-refractivity contribution in [1.82, 2.24) is 4.57 Å². The van der Waals surface area contributed by atoms with Crippen molar-refractivity contribution in [2.45, 2.75) is 20.5 Å². The molecule has 0 bridgehead atoms. The van der Waals surface area contributed by atoms with Crippen LogP contribution >= 0.6 is 0 Å². The van der Waals surface area contributed by atoms with E-state index in [1.165, 1.54) is 11.4 Å². The third-order valence-electron chi connectivity index (χ3n) is 2.45. The van der Waals surface area contributed by atoms with Gasteiger partial charge < -0.3 is 5.11 Å². The highest BCUT2D eigenvalue weighted by molar-refractivity contribution is 5.05. The standard InChI is InChI=1S/C8H15N2O/c1-6-7(2)10(4)8(5-11)9(6)3/h11H,5H2,1-4H3/q+1.